The lowest BCUT2D eigenvalue weighted by molar-refractivity contribution is 0.832. The number of nitrogen functional groups attached to an aromatic ring is 1. The number of fused-ring (bicyclic) bond motifs is 1. The van der Waals surface area contributed by atoms with E-state index in [-0.39, 0.29) is 0 Å². The average molecular weight is 295 g/mol. The fraction of sp³-hybridized carbons (Fsp3) is 0.294. The fourth-order valence-corrected chi connectivity index (χ4v) is 2.61. The minimum absolute atomic E-state index is 0.641. The highest BCUT2D eigenvalue weighted by molar-refractivity contribution is 5.97. The normalized spacial score (nSPS) is 11.0. The second-order valence-corrected chi connectivity index (χ2v) is 5.43. The highest BCUT2D eigenvalue weighted by Gasteiger charge is 2.10. The third-order valence-corrected chi connectivity index (χ3v) is 3.69. The summed E-state index contributed by atoms with van der Waals surface area (Å²) in [6, 6.07) is 10.0. The van der Waals surface area contributed by atoms with Gasteiger partial charge >= 0.3 is 0 Å². The first-order valence-corrected chi connectivity index (χ1v) is 7.65. The van der Waals surface area contributed by atoms with E-state index in [2.05, 4.69) is 28.4 Å². The van der Waals surface area contributed by atoms with Gasteiger partial charge in [-0.15, -0.1) is 0 Å². The van der Waals surface area contributed by atoms with Crippen molar-refractivity contribution in [3.63, 3.8) is 0 Å². The first kappa shape index (κ1) is 14.4. The number of hydrogen-bond donors (Lipinski definition) is 2. The first-order valence-electron chi connectivity index (χ1n) is 7.65. The highest BCUT2D eigenvalue weighted by Crippen LogP contribution is 2.28. The Morgan fingerprint density at radius 1 is 1.23 bits per heavy atom. The molecular formula is C17H21N5. The van der Waals surface area contributed by atoms with E-state index in [4.69, 9.17) is 5.73 Å². The molecule has 22 heavy (non-hydrogen) atoms. The zero-order chi connectivity index (χ0) is 15.5. The summed E-state index contributed by atoms with van der Waals surface area (Å²) in [7, 11) is 0. The van der Waals surface area contributed by atoms with Crippen LogP contribution in [0.25, 0.3) is 16.5 Å². The van der Waals surface area contributed by atoms with Crippen molar-refractivity contribution in [3.05, 3.63) is 42.2 Å². The van der Waals surface area contributed by atoms with E-state index in [1.807, 2.05) is 37.4 Å². The van der Waals surface area contributed by atoms with Crippen molar-refractivity contribution >= 4 is 22.4 Å². The zero-order valence-corrected chi connectivity index (χ0v) is 13.0. The van der Waals surface area contributed by atoms with E-state index in [0.717, 1.165) is 47.4 Å². The lowest BCUT2D eigenvalue weighted by Gasteiger charge is -2.12. The van der Waals surface area contributed by atoms with E-state index in [1.165, 1.54) is 0 Å². The van der Waals surface area contributed by atoms with Gasteiger partial charge in [0, 0.05) is 29.6 Å². The molecule has 0 atom stereocenters. The molecule has 0 saturated heterocycles. The molecule has 114 valence electrons. The summed E-state index contributed by atoms with van der Waals surface area (Å²) in [6.45, 7) is 5.05. The molecule has 0 fully saturated rings. The summed E-state index contributed by atoms with van der Waals surface area (Å²) in [5.41, 5.74) is 7.95. The van der Waals surface area contributed by atoms with Crippen molar-refractivity contribution in [2.24, 2.45) is 0 Å². The molecule has 0 bridgehead atoms. The van der Waals surface area contributed by atoms with Crippen LogP contribution in [0.3, 0.4) is 0 Å². The molecule has 0 saturated carbocycles. The topological polar surface area (TPSA) is 68.8 Å². The molecule has 0 aliphatic carbocycles. The van der Waals surface area contributed by atoms with Crippen LogP contribution < -0.4 is 11.1 Å². The van der Waals surface area contributed by atoms with Gasteiger partial charge in [-0.1, -0.05) is 25.5 Å². The summed E-state index contributed by atoms with van der Waals surface area (Å²) in [5.74, 6) is 1.55. The molecule has 0 unspecified atom stereocenters. The molecule has 5 heteroatoms. The zero-order valence-electron chi connectivity index (χ0n) is 13.0. The van der Waals surface area contributed by atoms with Crippen molar-refractivity contribution in [3.8, 4) is 5.69 Å². The van der Waals surface area contributed by atoms with Crippen molar-refractivity contribution in [1.82, 2.24) is 14.8 Å². The van der Waals surface area contributed by atoms with Gasteiger partial charge in [0.1, 0.15) is 11.6 Å². The van der Waals surface area contributed by atoms with Crippen LogP contribution in [-0.4, -0.2) is 21.3 Å². The number of rotatable bonds is 5. The van der Waals surface area contributed by atoms with Gasteiger partial charge in [-0.25, -0.2) is 9.67 Å². The number of anilines is 2. The molecular weight excluding hydrogens is 274 g/mol. The van der Waals surface area contributed by atoms with E-state index < -0.39 is 0 Å². The van der Waals surface area contributed by atoms with Gasteiger partial charge in [0.15, 0.2) is 0 Å². The van der Waals surface area contributed by atoms with Crippen LogP contribution >= 0.6 is 0 Å². The second-order valence-electron chi connectivity index (χ2n) is 5.43. The van der Waals surface area contributed by atoms with Crippen LogP contribution in [0.5, 0.6) is 0 Å². The van der Waals surface area contributed by atoms with Gasteiger partial charge in [0.25, 0.3) is 0 Å². The molecule has 0 amide bonds. The molecule has 3 aromatic rings. The molecule has 0 spiro atoms. The van der Waals surface area contributed by atoms with Gasteiger partial charge in [0.2, 0.25) is 0 Å². The van der Waals surface area contributed by atoms with Crippen LogP contribution in [0.15, 0.2) is 36.5 Å². The van der Waals surface area contributed by atoms with Crippen molar-refractivity contribution < 1.29 is 0 Å². The number of aromatic nitrogens is 3. The molecule has 0 radical (unpaired) electrons. The van der Waals surface area contributed by atoms with Crippen molar-refractivity contribution in [2.45, 2.75) is 26.7 Å². The number of unbranched alkanes of at least 4 members (excludes halogenated alkanes) is 1. The molecule has 2 heterocycles. The minimum Gasteiger partial charge on any atom is -0.384 e. The molecule has 0 aliphatic rings. The van der Waals surface area contributed by atoms with Crippen LogP contribution in [0.4, 0.5) is 11.6 Å². The lowest BCUT2D eigenvalue weighted by atomic mass is 10.1. The van der Waals surface area contributed by atoms with Crippen LogP contribution in [0.1, 0.15) is 25.5 Å². The predicted octanol–water partition coefficient (Wildman–Crippen LogP) is 3.52. The minimum atomic E-state index is 0.641. The summed E-state index contributed by atoms with van der Waals surface area (Å²) >= 11 is 0. The number of nitrogens with two attached hydrogens (primary N) is 1. The standard InChI is InChI=1S/C17H21N5/c1-3-4-9-19-17-14-6-5-7-15(13(14)8-10-20-17)22-16(18)11-12(2)21-22/h5-8,10-11H,3-4,9,18H2,1-2H3,(H,19,20). The number of hydrogen-bond acceptors (Lipinski definition) is 4. The Labute approximate surface area is 130 Å². The van der Waals surface area contributed by atoms with Gasteiger partial charge < -0.3 is 11.1 Å². The highest BCUT2D eigenvalue weighted by atomic mass is 15.3. The Morgan fingerprint density at radius 2 is 2.09 bits per heavy atom. The molecule has 3 rings (SSSR count). The lowest BCUT2D eigenvalue weighted by Crippen LogP contribution is -2.05. The third-order valence-electron chi connectivity index (χ3n) is 3.69. The Morgan fingerprint density at radius 3 is 2.82 bits per heavy atom. The van der Waals surface area contributed by atoms with Gasteiger partial charge in [0.05, 0.1) is 11.4 Å². The van der Waals surface area contributed by atoms with E-state index >= 15 is 0 Å². The van der Waals surface area contributed by atoms with E-state index in [9.17, 15) is 0 Å². The van der Waals surface area contributed by atoms with E-state index in [0.29, 0.717) is 5.82 Å². The molecule has 1 aromatic carbocycles. The van der Waals surface area contributed by atoms with Crippen LogP contribution in [-0.2, 0) is 0 Å². The first-order chi connectivity index (χ1) is 10.7. The van der Waals surface area contributed by atoms with Gasteiger partial charge in [-0.2, -0.15) is 5.10 Å². The molecule has 5 nitrogen and oxygen atoms in total. The maximum absolute atomic E-state index is 6.07. The predicted molar refractivity (Wildman–Crippen MR) is 91.4 cm³/mol. The summed E-state index contributed by atoms with van der Waals surface area (Å²) in [4.78, 5) is 4.47. The summed E-state index contributed by atoms with van der Waals surface area (Å²) in [5, 5.41) is 10.1. The number of benzene rings is 1. The van der Waals surface area contributed by atoms with Crippen LogP contribution in [0.2, 0.25) is 0 Å². The Kier molecular flexibility index (Phi) is 3.96. The smallest absolute Gasteiger partial charge is 0.133 e. The van der Waals surface area contributed by atoms with Crippen molar-refractivity contribution in [2.75, 3.05) is 17.6 Å². The second kappa shape index (κ2) is 6.05. The maximum atomic E-state index is 6.07. The monoisotopic (exact) mass is 295 g/mol. The Bertz CT molecular complexity index is 791. The molecule has 3 N–H and O–H groups in total. The quantitative estimate of drug-likeness (QED) is 0.707. The van der Waals surface area contributed by atoms with Gasteiger partial charge in [-0.3, -0.25) is 0 Å². The van der Waals surface area contributed by atoms with Crippen molar-refractivity contribution in [1.29, 1.82) is 0 Å². The molecule has 2 aromatic heterocycles. The van der Waals surface area contributed by atoms with Crippen LogP contribution in [0, 0.1) is 6.92 Å². The number of nitrogens with zero attached hydrogens (tertiary/aromatic N) is 3. The third kappa shape index (κ3) is 2.62. The Hall–Kier alpha value is -2.56. The Balaban J connectivity index is 2.09. The number of pyridine rings is 1. The average Bonchev–Trinajstić information content (AvgIpc) is 2.85. The fourth-order valence-electron chi connectivity index (χ4n) is 2.61. The van der Waals surface area contributed by atoms with E-state index in [1.54, 1.807) is 4.68 Å². The molecule has 0 aliphatic heterocycles. The summed E-state index contributed by atoms with van der Waals surface area (Å²) < 4.78 is 1.79. The SMILES string of the molecule is CCCCNc1nccc2c(-n3nc(C)cc3N)cccc12. The number of nitrogens with one attached hydrogen (secondary N) is 1. The van der Waals surface area contributed by atoms with Gasteiger partial charge in [-0.05, 0) is 25.5 Å². The number of aryl methyl sites for hydroxylation is 1. The summed E-state index contributed by atoms with van der Waals surface area (Å²) in [6.07, 6.45) is 4.11. The largest absolute Gasteiger partial charge is 0.384 e. The maximum Gasteiger partial charge on any atom is 0.133 e.